The molecule has 0 aromatic carbocycles. The summed E-state index contributed by atoms with van der Waals surface area (Å²) < 4.78 is 36.5. The van der Waals surface area contributed by atoms with E-state index < -0.39 is 13.4 Å². The molecule has 1 fully saturated rings. The van der Waals surface area contributed by atoms with Crippen LogP contribution in [-0.4, -0.2) is 30.8 Å². The van der Waals surface area contributed by atoms with E-state index in [1.54, 1.807) is 0 Å². The second kappa shape index (κ2) is 5.73. The van der Waals surface area contributed by atoms with E-state index in [4.69, 9.17) is 0 Å². The normalized spacial score (nSPS) is 22.2. The van der Waals surface area contributed by atoms with Crippen molar-refractivity contribution >= 4 is 12.9 Å². The minimum atomic E-state index is -4.90. The first-order valence-corrected chi connectivity index (χ1v) is 5.08. The zero-order valence-corrected chi connectivity index (χ0v) is 13.4. The number of carbonyl (C=O) groups excluding carboxylic acids is 1. The van der Waals surface area contributed by atoms with E-state index in [1.807, 2.05) is 20.8 Å². The zero-order valence-electron chi connectivity index (χ0n) is 10.3. The number of likely N-dealkylation sites (tertiary alicyclic amines) is 1. The van der Waals surface area contributed by atoms with Crippen molar-refractivity contribution < 1.29 is 69.1 Å². The molecule has 2 nitrogen and oxygen atoms in total. The number of nitrogens with zero attached hydrogens (tertiary/aromatic N) is 1. The number of hydrogen-bond acceptors (Lipinski definition) is 1. The standard InChI is InChI=1S/C9H16BF3NO.K/c1-9(2,3)7-4-8(15)14(5-7)6-10(11,12)13;/h7H,4-6H2,1-3H3;/q-1;+1. The van der Waals surface area contributed by atoms with Gasteiger partial charge in [-0.1, -0.05) is 20.8 Å². The third-order valence-corrected chi connectivity index (χ3v) is 2.87. The summed E-state index contributed by atoms with van der Waals surface area (Å²) >= 11 is 0. The van der Waals surface area contributed by atoms with Crippen LogP contribution in [0.15, 0.2) is 0 Å². The molecule has 0 spiro atoms. The molecule has 16 heavy (non-hydrogen) atoms. The molecule has 0 aromatic rings. The molecule has 1 rings (SSSR count). The first-order chi connectivity index (χ1) is 6.59. The smallest absolute Gasteiger partial charge is 0.448 e. The quantitative estimate of drug-likeness (QED) is 0.600. The van der Waals surface area contributed by atoms with E-state index in [-0.39, 0.29) is 81.6 Å². The van der Waals surface area contributed by atoms with Crippen molar-refractivity contribution in [2.45, 2.75) is 27.2 Å². The molecular formula is C9H16BF3KNO. The number of carbonyl (C=O) groups is 1. The van der Waals surface area contributed by atoms with E-state index in [0.29, 0.717) is 0 Å². The van der Waals surface area contributed by atoms with Gasteiger partial charge < -0.3 is 17.8 Å². The summed E-state index contributed by atoms with van der Waals surface area (Å²) in [4.78, 5) is 12.3. The summed E-state index contributed by atoms with van der Waals surface area (Å²) in [6, 6.07) is 0. The molecule has 7 heteroatoms. The van der Waals surface area contributed by atoms with Crippen LogP contribution in [-0.2, 0) is 4.79 Å². The Bertz CT molecular complexity index is 264. The molecule has 0 bridgehead atoms. The largest absolute Gasteiger partial charge is 1.00 e. The van der Waals surface area contributed by atoms with Gasteiger partial charge in [0.1, 0.15) is 0 Å². The molecule has 0 aliphatic carbocycles. The van der Waals surface area contributed by atoms with E-state index in [9.17, 15) is 17.7 Å². The molecule has 0 aromatic heterocycles. The summed E-state index contributed by atoms with van der Waals surface area (Å²) in [6.45, 7) is 1.19. The third kappa shape index (κ3) is 5.08. The third-order valence-electron chi connectivity index (χ3n) is 2.87. The molecule has 1 aliphatic heterocycles. The Balaban J connectivity index is 0.00000225. The minimum absolute atomic E-state index is 0. The first-order valence-electron chi connectivity index (χ1n) is 5.08. The van der Waals surface area contributed by atoms with Gasteiger partial charge in [0.25, 0.3) is 0 Å². The molecule has 0 saturated carbocycles. The molecule has 1 amide bonds. The van der Waals surface area contributed by atoms with Crippen molar-refractivity contribution in [2.75, 3.05) is 13.0 Å². The Morgan fingerprint density at radius 2 is 1.88 bits per heavy atom. The van der Waals surface area contributed by atoms with Crippen LogP contribution in [0.4, 0.5) is 12.9 Å². The maximum atomic E-state index is 12.2. The van der Waals surface area contributed by atoms with Crippen LogP contribution in [0.2, 0.25) is 0 Å². The van der Waals surface area contributed by atoms with Crippen LogP contribution < -0.4 is 51.4 Å². The number of halogens is 3. The maximum absolute atomic E-state index is 12.2. The predicted molar refractivity (Wildman–Crippen MR) is 53.2 cm³/mol. The Morgan fingerprint density at radius 1 is 1.38 bits per heavy atom. The van der Waals surface area contributed by atoms with Crippen LogP contribution in [0.3, 0.4) is 0 Å². The summed E-state index contributed by atoms with van der Waals surface area (Å²) in [7, 11) is 0. The van der Waals surface area contributed by atoms with E-state index in [0.717, 1.165) is 4.90 Å². The minimum Gasteiger partial charge on any atom is -0.448 e. The van der Waals surface area contributed by atoms with E-state index >= 15 is 0 Å². The van der Waals surface area contributed by atoms with Gasteiger partial charge in [-0.25, -0.2) is 0 Å². The summed E-state index contributed by atoms with van der Waals surface area (Å²) in [5.74, 6) is -0.336. The molecule has 0 N–H and O–H groups in total. The fraction of sp³-hybridized carbons (Fsp3) is 0.889. The van der Waals surface area contributed by atoms with Crippen molar-refractivity contribution in [2.24, 2.45) is 11.3 Å². The van der Waals surface area contributed by atoms with Gasteiger partial charge >= 0.3 is 58.4 Å². The fourth-order valence-electron chi connectivity index (χ4n) is 1.78. The summed E-state index contributed by atoms with van der Waals surface area (Å²) in [5.41, 5.74) is -0.108. The van der Waals surface area contributed by atoms with Gasteiger partial charge in [-0.05, 0) is 17.8 Å². The molecule has 0 radical (unpaired) electrons. The fourth-order valence-corrected chi connectivity index (χ4v) is 1.78. The van der Waals surface area contributed by atoms with Gasteiger partial charge in [0.2, 0.25) is 5.91 Å². The Hall–Kier alpha value is 0.961. The summed E-state index contributed by atoms with van der Waals surface area (Å²) in [5, 5.41) is 0. The Kier molecular flexibility index (Phi) is 6.08. The molecule has 1 aliphatic rings. The average molecular weight is 261 g/mol. The molecule has 88 valence electrons. The van der Waals surface area contributed by atoms with E-state index in [2.05, 4.69) is 0 Å². The van der Waals surface area contributed by atoms with Crippen molar-refractivity contribution in [3.63, 3.8) is 0 Å². The number of hydrogen-bond donors (Lipinski definition) is 0. The molecule has 1 atom stereocenters. The van der Waals surface area contributed by atoms with Crippen LogP contribution in [0.25, 0.3) is 0 Å². The number of amides is 1. The van der Waals surface area contributed by atoms with Gasteiger partial charge in [-0.3, -0.25) is 4.79 Å². The molecular weight excluding hydrogens is 245 g/mol. The van der Waals surface area contributed by atoms with E-state index in [1.165, 1.54) is 0 Å². The van der Waals surface area contributed by atoms with Crippen molar-refractivity contribution in [1.82, 2.24) is 4.90 Å². The van der Waals surface area contributed by atoms with Crippen molar-refractivity contribution in [1.29, 1.82) is 0 Å². The van der Waals surface area contributed by atoms with Crippen LogP contribution in [0.5, 0.6) is 0 Å². The second-order valence-electron chi connectivity index (χ2n) is 5.28. The zero-order chi connectivity index (χ0) is 11.9. The van der Waals surface area contributed by atoms with Crippen LogP contribution in [0, 0.1) is 11.3 Å². The molecule has 1 unspecified atom stereocenters. The SMILES string of the molecule is CC(C)(C)C1CC(=O)N(C[B-](F)(F)F)C1.[K+]. The first kappa shape index (κ1) is 17.0. The molecule has 1 heterocycles. The van der Waals surface area contributed by atoms with Gasteiger partial charge in [-0.2, -0.15) is 0 Å². The van der Waals surface area contributed by atoms with Gasteiger partial charge in [-0.15, -0.1) is 0 Å². The van der Waals surface area contributed by atoms with Crippen molar-refractivity contribution in [3.8, 4) is 0 Å². The average Bonchev–Trinajstić information content (AvgIpc) is 2.27. The Morgan fingerprint density at radius 3 is 2.19 bits per heavy atom. The van der Waals surface area contributed by atoms with Gasteiger partial charge in [0.15, 0.2) is 0 Å². The van der Waals surface area contributed by atoms with Crippen LogP contribution in [0.1, 0.15) is 27.2 Å². The number of rotatable bonds is 2. The van der Waals surface area contributed by atoms with Crippen LogP contribution >= 0.6 is 0 Å². The van der Waals surface area contributed by atoms with Crippen molar-refractivity contribution in [3.05, 3.63) is 0 Å². The van der Waals surface area contributed by atoms with Gasteiger partial charge in [0, 0.05) is 13.0 Å². The van der Waals surface area contributed by atoms with Gasteiger partial charge in [0.05, 0.1) is 0 Å². The summed E-state index contributed by atoms with van der Waals surface area (Å²) in [6.07, 6.45) is -0.804. The topological polar surface area (TPSA) is 20.3 Å². The maximum Gasteiger partial charge on any atom is 1.00 e. The molecule has 1 saturated heterocycles. The Labute approximate surface area is 137 Å². The monoisotopic (exact) mass is 261 g/mol. The predicted octanol–water partition coefficient (Wildman–Crippen LogP) is -0.728. The second-order valence-corrected chi connectivity index (χ2v) is 5.28.